The zero-order chi connectivity index (χ0) is 15.2. The third-order valence-corrected chi connectivity index (χ3v) is 2.67. The maximum atomic E-state index is 13.3. The molecule has 0 radical (unpaired) electrons. The molecule has 0 saturated heterocycles. The van der Waals surface area contributed by atoms with Crippen molar-refractivity contribution < 1.29 is 22.7 Å². The van der Waals surface area contributed by atoms with Gasteiger partial charge in [-0.05, 0) is 24.3 Å². The average Bonchev–Trinajstić information content (AvgIpc) is 2.47. The van der Waals surface area contributed by atoms with Crippen LogP contribution in [0.25, 0.3) is 0 Å². The molecule has 21 heavy (non-hydrogen) atoms. The van der Waals surface area contributed by atoms with Gasteiger partial charge in [0.25, 0.3) is 5.91 Å². The van der Waals surface area contributed by atoms with Crippen LogP contribution in [0.4, 0.5) is 13.2 Å². The smallest absolute Gasteiger partial charge is 0.254 e. The van der Waals surface area contributed by atoms with Crippen molar-refractivity contribution in [2.24, 2.45) is 0 Å². The molecule has 110 valence electrons. The van der Waals surface area contributed by atoms with E-state index in [1.165, 1.54) is 24.3 Å². The fraction of sp³-hybridized carbons (Fsp3) is 0.133. The lowest BCUT2D eigenvalue weighted by Crippen LogP contribution is -2.28. The second kappa shape index (κ2) is 6.78. The number of amides is 1. The topological polar surface area (TPSA) is 38.3 Å². The van der Waals surface area contributed by atoms with Crippen LogP contribution in [-0.2, 0) is 0 Å². The summed E-state index contributed by atoms with van der Waals surface area (Å²) in [4.78, 5) is 11.7. The first-order valence-electron chi connectivity index (χ1n) is 6.18. The van der Waals surface area contributed by atoms with Gasteiger partial charge in [0, 0.05) is 6.07 Å². The van der Waals surface area contributed by atoms with Gasteiger partial charge in [-0.15, -0.1) is 0 Å². The summed E-state index contributed by atoms with van der Waals surface area (Å²) < 4.78 is 44.1. The van der Waals surface area contributed by atoms with Crippen LogP contribution in [0.3, 0.4) is 0 Å². The molecule has 2 aromatic rings. The van der Waals surface area contributed by atoms with Crippen LogP contribution in [0.15, 0.2) is 42.5 Å². The summed E-state index contributed by atoms with van der Waals surface area (Å²) in [5.74, 6) is -3.01. The molecule has 3 nitrogen and oxygen atoms in total. The lowest BCUT2D eigenvalue weighted by molar-refractivity contribution is 0.0943. The molecule has 0 atom stereocenters. The Hall–Kier alpha value is -2.50. The fourth-order valence-corrected chi connectivity index (χ4v) is 1.64. The van der Waals surface area contributed by atoms with Gasteiger partial charge >= 0.3 is 0 Å². The monoisotopic (exact) mass is 295 g/mol. The molecule has 1 amide bonds. The molecule has 1 N–H and O–H groups in total. The predicted octanol–water partition coefficient (Wildman–Crippen LogP) is 2.91. The Morgan fingerprint density at radius 1 is 1.00 bits per heavy atom. The van der Waals surface area contributed by atoms with E-state index in [2.05, 4.69) is 5.32 Å². The average molecular weight is 295 g/mol. The quantitative estimate of drug-likeness (QED) is 0.861. The fourth-order valence-electron chi connectivity index (χ4n) is 1.64. The Morgan fingerprint density at radius 2 is 1.76 bits per heavy atom. The highest BCUT2D eigenvalue weighted by Crippen LogP contribution is 2.15. The molecule has 0 bridgehead atoms. The van der Waals surface area contributed by atoms with Crippen molar-refractivity contribution >= 4 is 5.91 Å². The van der Waals surface area contributed by atoms with Crippen LogP contribution < -0.4 is 10.1 Å². The lowest BCUT2D eigenvalue weighted by atomic mass is 10.2. The number of hydrogen-bond acceptors (Lipinski definition) is 2. The molecule has 0 unspecified atom stereocenters. The van der Waals surface area contributed by atoms with E-state index < -0.39 is 23.4 Å². The molecule has 0 heterocycles. The summed E-state index contributed by atoms with van der Waals surface area (Å²) in [6.45, 7) is 0.150. The Balaban J connectivity index is 1.81. The Morgan fingerprint density at radius 3 is 2.48 bits per heavy atom. The van der Waals surface area contributed by atoms with Gasteiger partial charge < -0.3 is 10.1 Å². The zero-order valence-electron chi connectivity index (χ0n) is 10.9. The van der Waals surface area contributed by atoms with Crippen LogP contribution in [-0.4, -0.2) is 19.1 Å². The van der Waals surface area contributed by atoms with Crippen LogP contribution in [0.1, 0.15) is 10.4 Å². The highest BCUT2D eigenvalue weighted by atomic mass is 19.2. The van der Waals surface area contributed by atoms with Gasteiger partial charge in [0.1, 0.15) is 18.2 Å². The SMILES string of the molecule is O=C(NCCOc1ccc(F)c(F)c1)c1ccccc1F. The molecule has 6 heteroatoms. The second-order valence-corrected chi connectivity index (χ2v) is 4.16. The zero-order valence-corrected chi connectivity index (χ0v) is 10.9. The first-order chi connectivity index (χ1) is 10.1. The van der Waals surface area contributed by atoms with Crippen LogP contribution in [0.2, 0.25) is 0 Å². The van der Waals surface area contributed by atoms with E-state index in [1.807, 2.05) is 0 Å². The van der Waals surface area contributed by atoms with E-state index in [9.17, 15) is 18.0 Å². The molecule has 0 aliphatic heterocycles. The summed E-state index contributed by atoms with van der Waals surface area (Å²) in [6.07, 6.45) is 0. The van der Waals surface area contributed by atoms with Gasteiger partial charge in [-0.3, -0.25) is 4.79 Å². The van der Waals surface area contributed by atoms with E-state index in [4.69, 9.17) is 4.74 Å². The number of carbonyl (C=O) groups excluding carboxylic acids is 1. The number of rotatable bonds is 5. The van der Waals surface area contributed by atoms with Crippen molar-refractivity contribution in [2.75, 3.05) is 13.2 Å². The number of ether oxygens (including phenoxy) is 1. The van der Waals surface area contributed by atoms with Crippen LogP contribution >= 0.6 is 0 Å². The summed E-state index contributed by atoms with van der Waals surface area (Å²) in [7, 11) is 0. The summed E-state index contributed by atoms with van der Waals surface area (Å²) in [5, 5.41) is 2.46. The first-order valence-corrected chi connectivity index (χ1v) is 6.18. The van der Waals surface area contributed by atoms with E-state index in [0.29, 0.717) is 0 Å². The van der Waals surface area contributed by atoms with Crippen molar-refractivity contribution in [1.82, 2.24) is 5.32 Å². The van der Waals surface area contributed by atoms with E-state index in [-0.39, 0.29) is 24.5 Å². The van der Waals surface area contributed by atoms with Crippen molar-refractivity contribution in [1.29, 1.82) is 0 Å². The molecule has 0 aliphatic rings. The molecule has 0 spiro atoms. The van der Waals surface area contributed by atoms with Gasteiger partial charge in [-0.2, -0.15) is 0 Å². The van der Waals surface area contributed by atoms with Gasteiger partial charge in [-0.1, -0.05) is 12.1 Å². The Kier molecular flexibility index (Phi) is 4.81. The van der Waals surface area contributed by atoms with Gasteiger partial charge in [0.15, 0.2) is 11.6 Å². The van der Waals surface area contributed by atoms with Crippen molar-refractivity contribution in [3.8, 4) is 5.75 Å². The molecule has 0 fully saturated rings. The molecule has 0 saturated carbocycles. The van der Waals surface area contributed by atoms with Crippen LogP contribution in [0.5, 0.6) is 5.75 Å². The van der Waals surface area contributed by atoms with E-state index in [0.717, 1.165) is 12.1 Å². The second-order valence-electron chi connectivity index (χ2n) is 4.16. The van der Waals surface area contributed by atoms with E-state index in [1.54, 1.807) is 6.07 Å². The van der Waals surface area contributed by atoms with Crippen LogP contribution in [0, 0.1) is 17.5 Å². The molecule has 0 aliphatic carbocycles. The molecular formula is C15H12F3NO2. The number of carbonyl (C=O) groups is 1. The highest BCUT2D eigenvalue weighted by Gasteiger charge is 2.09. The summed E-state index contributed by atoms with van der Waals surface area (Å²) in [6, 6.07) is 8.72. The predicted molar refractivity (Wildman–Crippen MR) is 70.6 cm³/mol. The largest absolute Gasteiger partial charge is 0.492 e. The number of nitrogens with one attached hydrogen (secondary N) is 1. The summed E-state index contributed by atoms with van der Waals surface area (Å²) >= 11 is 0. The lowest BCUT2D eigenvalue weighted by Gasteiger charge is -2.08. The van der Waals surface area contributed by atoms with Gasteiger partial charge in [0.05, 0.1) is 12.1 Å². The third kappa shape index (κ3) is 3.98. The van der Waals surface area contributed by atoms with Crippen molar-refractivity contribution in [2.45, 2.75) is 0 Å². The van der Waals surface area contributed by atoms with Gasteiger partial charge in [0.2, 0.25) is 0 Å². The maximum Gasteiger partial charge on any atom is 0.254 e. The number of halogens is 3. The minimum Gasteiger partial charge on any atom is -0.492 e. The molecule has 2 aromatic carbocycles. The highest BCUT2D eigenvalue weighted by molar-refractivity contribution is 5.94. The summed E-state index contributed by atoms with van der Waals surface area (Å²) in [5.41, 5.74) is -0.0645. The third-order valence-electron chi connectivity index (χ3n) is 2.67. The van der Waals surface area contributed by atoms with Crippen molar-refractivity contribution in [3.63, 3.8) is 0 Å². The Labute approximate surface area is 119 Å². The van der Waals surface area contributed by atoms with Gasteiger partial charge in [-0.25, -0.2) is 13.2 Å². The number of hydrogen-bond donors (Lipinski definition) is 1. The normalized spacial score (nSPS) is 10.2. The first kappa shape index (κ1) is 14.9. The minimum atomic E-state index is -1.01. The van der Waals surface area contributed by atoms with E-state index >= 15 is 0 Å². The molecule has 0 aromatic heterocycles. The minimum absolute atomic E-state index is 0.0469. The standard InChI is InChI=1S/C15H12F3NO2/c16-12-4-2-1-3-11(12)15(20)19-7-8-21-10-5-6-13(17)14(18)9-10/h1-6,9H,7-8H2,(H,19,20). The van der Waals surface area contributed by atoms with Crippen molar-refractivity contribution in [3.05, 3.63) is 65.5 Å². The maximum absolute atomic E-state index is 13.3. The Bertz CT molecular complexity index is 647. The molecule has 2 rings (SSSR count). The molecular weight excluding hydrogens is 283 g/mol. The number of benzene rings is 2.